The van der Waals surface area contributed by atoms with Crippen LogP contribution in [-0.2, 0) is 0 Å². The minimum absolute atomic E-state index is 0.0839. The van der Waals surface area contributed by atoms with Crippen LogP contribution in [0.15, 0.2) is 48.5 Å². The van der Waals surface area contributed by atoms with Crippen molar-refractivity contribution in [3.63, 3.8) is 0 Å². The highest BCUT2D eigenvalue weighted by atomic mass is 16.6. The zero-order valence-corrected chi connectivity index (χ0v) is 9.33. The van der Waals surface area contributed by atoms with Gasteiger partial charge >= 0.3 is 0 Å². The minimum Gasteiger partial charge on any atom is -0.508 e. The Hall–Kier alpha value is -2.62. The van der Waals surface area contributed by atoms with Crippen molar-refractivity contribution in [1.82, 2.24) is 0 Å². The SMILES string of the molecule is O=[N+]([O-])c1ccc2cc3cc(O)ccc3cc2c1. The van der Waals surface area contributed by atoms with Crippen LogP contribution >= 0.6 is 0 Å². The van der Waals surface area contributed by atoms with Gasteiger partial charge in [-0.15, -0.1) is 0 Å². The molecule has 0 fully saturated rings. The molecule has 4 nitrogen and oxygen atoms in total. The molecular weight excluding hydrogens is 230 g/mol. The summed E-state index contributed by atoms with van der Waals surface area (Å²) >= 11 is 0. The normalized spacial score (nSPS) is 10.9. The lowest BCUT2D eigenvalue weighted by molar-refractivity contribution is -0.384. The standard InChI is InChI=1S/C14H9NO3/c16-14-4-2-10-5-11-7-13(15(17)18)3-1-9(11)6-12(10)8-14/h1-8,16H. The predicted molar refractivity (Wildman–Crippen MR) is 69.8 cm³/mol. The second-order valence-corrected chi connectivity index (χ2v) is 4.17. The van der Waals surface area contributed by atoms with E-state index in [1.807, 2.05) is 12.1 Å². The van der Waals surface area contributed by atoms with Gasteiger partial charge in [0, 0.05) is 12.1 Å². The molecule has 0 heterocycles. The van der Waals surface area contributed by atoms with Crippen molar-refractivity contribution in [2.45, 2.75) is 0 Å². The van der Waals surface area contributed by atoms with Gasteiger partial charge in [-0.3, -0.25) is 10.1 Å². The van der Waals surface area contributed by atoms with Crippen LogP contribution in [0, 0.1) is 10.1 Å². The first kappa shape index (κ1) is 10.5. The number of rotatable bonds is 1. The van der Waals surface area contributed by atoms with Crippen LogP contribution in [0.1, 0.15) is 0 Å². The van der Waals surface area contributed by atoms with Crippen molar-refractivity contribution in [2.75, 3.05) is 0 Å². The first-order chi connectivity index (χ1) is 8.63. The minimum atomic E-state index is -0.402. The molecular formula is C14H9NO3. The third kappa shape index (κ3) is 1.64. The van der Waals surface area contributed by atoms with Crippen molar-refractivity contribution >= 4 is 27.2 Å². The molecule has 88 valence electrons. The molecule has 0 aliphatic heterocycles. The van der Waals surface area contributed by atoms with Gasteiger partial charge in [0.1, 0.15) is 5.75 Å². The zero-order chi connectivity index (χ0) is 12.7. The number of aromatic hydroxyl groups is 1. The van der Waals surface area contributed by atoms with E-state index in [4.69, 9.17) is 0 Å². The molecule has 0 saturated carbocycles. The number of nitro groups is 1. The molecule has 0 radical (unpaired) electrons. The molecule has 0 aliphatic rings. The van der Waals surface area contributed by atoms with Crippen LogP contribution in [0.4, 0.5) is 5.69 Å². The fraction of sp³-hybridized carbons (Fsp3) is 0. The molecule has 0 spiro atoms. The molecule has 18 heavy (non-hydrogen) atoms. The van der Waals surface area contributed by atoms with E-state index in [1.54, 1.807) is 30.3 Å². The van der Waals surface area contributed by atoms with Gasteiger partial charge in [0.05, 0.1) is 4.92 Å². The van der Waals surface area contributed by atoms with Crippen molar-refractivity contribution in [2.24, 2.45) is 0 Å². The fourth-order valence-electron chi connectivity index (χ4n) is 2.09. The van der Waals surface area contributed by atoms with Crippen LogP contribution in [-0.4, -0.2) is 10.0 Å². The summed E-state index contributed by atoms with van der Waals surface area (Å²) in [6.45, 7) is 0. The van der Waals surface area contributed by atoms with Gasteiger partial charge in [0.15, 0.2) is 0 Å². The van der Waals surface area contributed by atoms with E-state index in [0.29, 0.717) is 0 Å². The van der Waals surface area contributed by atoms with Crippen LogP contribution in [0.5, 0.6) is 5.75 Å². The molecule has 0 atom stereocenters. The summed E-state index contributed by atoms with van der Waals surface area (Å²) in [7, 11) is 0. The van der Waals surface area contributed by atoms with Gasteiger partial charge in [0.25, 0.3) is 5.69 Å². The van der Waals surface area contributed by atoms with Crippen LogP contribution < -0.4 is 0 Å². The molecule has 3 aromatic rings. The first-order valence-corrected chi connectivity index (χ1v) is 5.44. The van der Waals surface area contributed by atoms with Crippen molar-refractivity contribution < 1.29 is 10.0 Å². The average Bonchev–Trinajstić information content (AvgIpc) is 2.35. The van der Waals surface area contributed by atoms with Crippen LogP contribution in [0.3, 0.4) is 0 Å². The number of phenolic OH excluding ortho intramolecular Hbond substituents is 1. The summed E-state index contributed by atoms with van der Waals surface area (Å²) < 4.78 is 0. The smallest absolute Gasteiger partial charge is 0.270 e. The lowest BCUT2D eigenvalue weighted by Crippen LogP contribution is -1.87. The van der Waals surface area contributed by atoms with Crippen LogP contribution in [0.2, 0.25) is 0 Å². The van der Waals surface area contributed by atoms with Crippen molar-refractivity contribution in [1.29, 1.82) is 0 Å². The molecule has 3 rings (SSSR count). The van der Waals surface area contributed by atoms with Crippen molar-refractivity contribution in [3.8, 4) is 5.75 Å². The number of non-ortho nitro benzene ring substituents is 1. The third-order valence-electron chi connectivity index (χ3n) is 2.97. The maximum atomic E-state index is 10.7. The molecule has 0 amide bonds. The molecule has 1 N–H and O–H groups in total. The van der Waals surface area contributed by atoms with E-state index in [9.17, 15) is 15.2 Å². The highest BCUT2D eigenvalue weighted by Crippen LogP contribution is 2.28. The Balaban J connectivity index is 2.34. The number of benzene rings is 3. The largest absolute Gasteiger partial charge is 0.508 e. The van der Waals surface area contributed by atoms with E-state index in [2.05, 4.69) is 0 Å². The molecule has 0 aromatic heterocycles. The molecule has 0 bridgehead atoms. The first-order valence-electron chi connectivity index (χ1n) is 5.44. The maximum absolute atomic E-state index is 10.7. The number of hydrogen-bond donors (Lipinski definition) is 1. The van der Waals surface area contributed by atoms with Gasteiger partial charge < -0.3 is 5.11 Å². The predicted octanol–water partition coefficient (Wildman–Crippen LogP) is 3.61. The number of nitro benzene ring substituents is 1. The van der Waals surface area contributed by atoms with Gasteiger partial charge in [-0.25, -0.2) is 0 Å². The monoisotopic (exact) mass is 239 g/mol. The second-order valence-electron chi connectivity index (χ2n) is 4.17. The summed E-state index contributed by atoms with van der Waals surface area (Å²) in [4.78, 5) is 10.3. The Morgan fingerprint density at radius 2 is 1.44 bits per heavy atom. The van der Waals surface area contributed by atoms with E-state index >= 15 is 0 Å². The molecule has 0 saturated heterocycles. The molecule has 3 aromatic carbocycles. The summed E-state index contributed by atoms with van der Waals surface area (Å²) in [5.41, 5.74) is 0.0839. The lowest BCUT2D eigenvalue weighted by atomic mass is 10.0. The van der Waals surface area contributed by atoms with E-state index in [1.165, 1.54) is 6.07 Å². The summed E-state index contributed by atoms with van der Waals surface area (Å²) in [5, 5.41) is 23.8. The van der Waals surface area contributed by atoms with E-state index < -0.39 is 4.92 Å². The Morgan fingerprint density at radius 3 is 2.11 bits per heavy atom. The Morgan fingerprint density at radius 1 is 0.833 bits per heavy atom. The van der Waals surface area contributed by atoms with Crippen LogP contribution in [0.25, 0.3) is 21.5 Å². The Kier molecular flexibility index (Phi) is 2.16. The second kappa shape index (κ2) is 3.70. The molecule has 0 unspecified atom stereocenters. The van der Waals surface area contributed by atoms with E-state index in [0.717, 1.165) is 21.5 Å². The Bertz CT molecular complexity index is 780. The number of fused-ring (bicyclic) bond motifs is 2. The topological polar surface area (TPSA) is 63.4 Å². The van der Waals surface area contributed by atoms with Gasteiger partial charge in [-0.1, -0.05) is 6.07 Å². The highest BCUT2D eigenvalue weighted by molar-refractivity contribution is 5.99. The quantitative estimate of drug-likeness (QED) is 0.401. The highest BCUT2D eigenvalue weighted by Gasteiger charge is 2.06. The Labute approximate surface area is 102 Å². The van der Waals surface area contributed by atoms with Crippen molar-refractivity contribution in [3.05, 3.63) is 58.6 Å². The molecule has 0 aliphatic carbocycles. The zero-order valence-electron chi connectivity index (χ0n) is 9.33. The number of hydrogen-bond acceptors (Lipinski definition) is 3. The number of phenols is 1. The van der Waals surface area contributed by atoms with Gasteiger partial charge in [-0.05, 0) is 51.9 Å². The molecule has 4 heteroatoms. The fourth-order valence-corrected chi connectivity index (χ4v) is 2.09. The maximum Gasteiger partial charge on any atom is 0.270 e. The summed E-state index contributed by atoms with van der Waals surface area (Å²) in [6.07, 6.45) is 0. The third-order valence-corrected chi connectivity index (χ3v) is 2.97. The van der Waals surface area contributed by atoms with Gasteiger partial charge in [-0.2, -0.15) is 0 Å². The lowest BCUT2D eigenvalue weighted by Gasteiger charge is -2.03. The van der Waals surface area contributed by atoms with E-state index in [-0.39, 0.29) is 11.4 Å². The summed E-state index contributed by atoms with van der Waals surface area (Å²) in [5.74, 6) is 0.212. The average molecular weight is 239 g/mol. The van der Waals surface area contributed by atoms with Gasteiger partial charge in [0.2, 0.25) is 0 Å². The number of nitrogens with zero attached hydrogens (tertiary/aromatic N) is 1. The summed E-state index contributed by atoms with van der Waals surface area (Å²) in [6, 6.07) is 13.6.